The standard InChI is InChI=1S/C20H20F2N2O3/c1-2-27-16-6-3-14(4-7-16)19(25)23-9-11-24(12-10-23)20(26)15-5-8-17(21)18(22)13-15/h3-8,13H,2,9-12H2,1H3. The third-order valence-electron chi connectivity index (χ3n) is 4.43. The van der Waals surface area contributed by atoms with E-state index < -0.39 is 11.6 Å². The fourth-order valence-electron chi connectivity index (χ4n) is 2.97. The molecule has 7 heteroatoms. The maximum absolute atomic E-state index is 13.3. The molecule has 3 rings (SSSR count). The van der Waals surface area contributed by atoms with Crippen LogP contribution in [0.3, 0.4) is 0 Å². The van der Waals surface area contributed by atoms with E-state index in [2.05, 4.69) is 0 Å². The molecule has 2 aromatic rings. The highest BCUT2D eigenvalue weighted by Crippen LogP contribution is 2.16. The number of piperazine rings is 1. The number of carbonyl (C=O) groups excluding carboxylic acids is 2. The zero-order chi connectivity index (χ0) is 19.4. The molecule has 5 nitrogen and oxygen atoms in total. The minimum Gasteiger partial charge on any atom is -0.494 e. The molecule has 1 heterocycles. The summed E-state index contributed by atoms with van der Waals surface area (Å²) in [6.45, 7) is 3.87. The second kappa shape index (κ2) is 8.16. The van der Waals surface area contributed by atoms with Crippen LogP contribution in [0, 0.1) is 11.6 Å². The first-order chi connectivity index (χ1) is 13.0. The Kier molecular flexibility index (Phi) is 5.69. The van der Waals surface area contributed by atoms with Crippen molar-refractivity contribution >= 4 is 11.8 Å². The molecule has 1 aliphatic rings. The Hall–Kier alpha value is -2.96. The fraction of sp³-hybridized carbons (Fsp3) is 0.300. The average Bonchev–Trinajstić information content (AvgIpc) is 2.70. The van der Waals surface area contributed by atoms with Crippen molar-refractivity contribution in [3.8, 4) is 5.75 Å². The van der Waals surface area contributed by atoms with Crippen LogP contribution >= 0.6 is 0 Å². The quantitative estimate of drug-likeness (QED) is 0.827. The van der Waals surface area contributed by atoms with Crippen molar-refractivity contribution in [2.75, 3.05) is 32.8 Å². The molecule has 0 aromatic heterocycles. The number of halogens is 2. The van der Waals surface area contributed by atoms with Gasteiger partial charge in [0.1, 0.15) is 5.75 Å². The van der Waals surface area contributed by atoms with E-state index in [9.17, 15) is 18.4 Å². The number of amides is 2. The van der Waals surface area contributed by atoms with Gasteiger partial charge < -0.3 is 14.5 Å². The van der Waals surface area contributed by atoms with Gasteiger partial charge in [-0.25, -0.2) is 8.78 Å². The summed E-state index contributed by atoms with van der Waals surface area (Å²) in [5.41, 5.74) is 0.652. The topological polar surface area (TPSA) is 49.9 Å². The summed E-state index contributed by atoms with van der Waals surface area (Å²) in [4.78, 5) is 28.2. The molecule has 0 bridgehead atoms. The Labute approximate surface area is 156 Å². The number of rotatable bonds is 4. The summed E-state index contributed by atoms with van der Waals surface area (Å²) in [6, 6.07) is 10.0. The molecule has 1 saturated heterocycles. The SMILES string of the molecule is CCOc1ccc(C(=O)N2CCN(C(=O)c3ccc(F)c(F)c3)CC2)cc1. The van der Waals surface area contributed by atoms with E-state index in [1.54, 1.807) is 29.2 Å². The van der Waals surface area contributed by atoms with E-state index in [1.165, 1.54) is 11.0 Å². The van der Waals surface area contributed by atoms with Crippen LogP contribution in [-0.4, -0.2) is 54.4 Å². The zero-order valence-corrected chi connectivity index (χ0v) is 15.0. The van der Waals surface area contributed by atoms with Gasteiger partial charge in [-0.15, -0.1) is 0 Å². The van der Waals surface area contributed by atoms with Crippen molar-refractivity contribution in [1.82, 2.24) is 9.80 Å². The molecule has 1 aliphatic heterocycles. The van der Waals surface area contributed by atoms with Crippen LogP contribution in [-0.2, 0) is 0 Å². The van der Waals surface area contributed by atoms with Gasteiger partial charge in [-0.2, -0.15) is 0 Å². The predicted octanol–water partition coefficient (Wildman–Crippen LogP) is 2.96. The fourth-order valence-corrected chi connectivity index (χ4v) is 2.97. The molecule has 27 heavy (non-hydrogen) atoms. The largest absolute Gasteiger partial charge is 0.494 e. The Balaban J connectivity index is 1.60. The van der Waals surface area contributed by atoms with Gasteiger partial charge in [0.25, 0.3) is 11.8 Å². The maximum Gasteiger partial charge on any atom is 0.254 e. The van der Waals surface area contributed by atoms with Gasteiger partial charge >= 0.3 is 0 Å². The number of carbonyl (C=O) groups is 2. The normalized spacial score (nSPS) is 14.2. The highest BCUT2D eigenvalue weighted by Gasteiger charge is 2.26. The average molecular weight is 374 g/mol. The van der Waals surface area contributed by atoms with Gasteiger partial charge in [-0.3, -0.25) is 9.59 Å². The summed E-state index contributed by atoms with van der Waals surface area (Å²) < 4.78 is 31.7. The van der Waals surface area contributed by atoms with Crippen molar-refractivity contribution < 1.29 is 23.1 Å². The van der Waals surface area contributed by atoms with E-state index >= 15 is 0 Å². The van der Waals surface area contributed by atoms with Crippen molar-refractivity contribution in [2.45, 2.75) is 6.92 Å². The van der Waals surface area contributed by atoms with Crippen molar-refractivity contribution in [2.24, 2.45) is 0 Å². The third kappa shape index (κ3) is 4.24. The van der Waals surface area contributed by atoms with Gasteiger partial charge in [0.05, 0.1) is 6.61 Å². The molecule has 0 aliphatic carbocycles. The first-order valence-electron chi connectivity index (χ1n) is 8.76. The molecule has 0 N–H and O–H groups in total. The van der Waals surface area contributed by atoms with Gasteiger partial charge in [0.15, 0.2) is 11.6 Å². The molecular formula is C20H20F2N2O3. The van der Waals surface area contributed by atoms with Crippen LogP contribution in [0.25, 0.3) is 0 Å². The lowest BCUT2D eigenvalue weighted by atomic mass is 10.1. The molecule has 0 spiro atoms. The van der Waals surface area contributed by atoms with Crippen LogP contribution in [0.5, 0.6) is 5.75 Å². The highest BCUT2D eigenvalue weighted by molar-refractivity contribution is 5.96. The highest BCUT2D eigenvalue weighted by atomic mass is 19.2. The zero-order valence-electron chi connectivity index (χ0n) is 15.0. The lowest BCUT2D eigenvalue weighted by molar-refractivity contribution is 0.0535. The predicted molar refractivity (Wildman–Crippen MR) is 95.8 cm³/mol. The van der Waals surface area contributed by atoms with Gasteiger partial charge in [0.2, 0.25) is 0 Å². The first kappa shape index (κ1) is 18.8. The molecule has 0 atom stereocenters. The molecule has 2 amide bonds. The number of ether oxygens (including phenoxy) is 1. The maximum atomic E-state index is 13.3. The first-order valence-corrected chi connectivity index (χ1v) is 8.76. The lowest BCUT2D eigenvalue weighted by Gasteiger charge is -2.35. The monoisotopic (exact) mass is 374 g/mol. The minimum absolute atomic E-state index is 0.0974. The molecule has 2 aromatic carbocycles. The number of nitrogens with zero attached hydrogens (tertiary/aromatic N) is 2. The van der Waals surface area contributed by atoms with E-state index in [-0.39, 0.29) is 17.4 Å². The second-order valence-electron chi connectivity index (χ2n) is 6.17. The molecule has 142 valence electrons. The second-order valence-corrected chi connectivity index (χ2v) is 6.17. The number of hydrogen-bond acceptors (Lipinski definition) is 3. The van der Waals surface area contributed by atoms with E-state index in [0.717, 1.165) is 12.1 Å². The van der Waals surface area contributed by atoms with E-state index in [4.69, 9.17) is 4.74 Å². The number of hydrogen-bond donors (Lipinski definition) is 0. The Morgan fingerprint density at radius 3 is 1.89 bits per heavy atom. The van der Waals surface area contributed by atoms with Crippen LogP contribution < -0.4 is 4.74 Å². The van der Waals surface area contributed by atoms with Crippen LogP contribution in [0.2, 0.25) is 0 Å². The summed E-state index contributed by atoms with van der Waals surface area (Å²) in [6.07, 6.45) is 0. The van der Waals surface area contributed by atoms with Gasteiger partial charge in [-0.1, -0.05) is 0 Å². The molecule has 0 unspecified atom stereocenters. The van der Waals surface area contributed by atoms with Gasteiger partial charge in [-0.05, 0) is 49.4 Å². The molecule has 1 fully saturated rings. The molecule has 0 saturated carbocycles. The van der Waals surface area contributed by atoms with Crippen molar-refractivity contribution in [3.05, 3.63) is 65.2 Å². The Bertz CT molecular complexity index is 832. The van der Waals surface area contributed by atoms with Crippen LogP contribution in [0.4, 0.5) is 8.78 Å². The summed E-state index contributed by atoms with van der Waals surface area (Å²) in [7, 11) is 0. The molecular weight excluding hydrogens is 354 g/mol. The minimum atomic E-state index is -1.05. The Morgan fingerprint density at radius 2 is 1.37 bits per heavy atom. The van der Waals surface area contributed by atoms with Gasteiger partial charge in [0, 0.05) is 37.3 Å². The van der Waals surface area contributed by atoms with E-state index in [1.807, 2.05) is 6.92 Å². The smallest absolute Gasteiger partial charge is 0.254 e. The molecule has 0 radical (unpaired) electrons. The number of benzene rings is 2. The summed E-state index contributed by atoms with van der Waals surface area (Å²) >= 11 is 0. The Morgan fingerprint density at radius 1 is 0.852 bits per heavy atom. The van der Waals surface area contributed by atoms with Crippen molar-refractivity contribution in [1.29, 1.82) is 0 Å². The summed E-state index contributed by atoms with van der Waals surface area (Å²) in [5, 5.41) is 0. The van der Waals surface area contributed by atoms with Crippen LogP contribution in [0.1, 0.15) is 27.6 Å². The van der Waals surface area contributed by atoms with E-state index in [0.29, 0.717) is 44.1 Å². The third-order valence-corrected chi connectivity index (χ3v) is 4.43. The van der Waals surface area contributed by atoms with Crippen LogP contribution in [0.15, 0.2) is 42.5 Å². The lowest BCUT2D eigenvalue weighted by Crippen LogP contribution is -2.50. The summed E-state index contributed by atoms with van der Waals surface area (Å²) in [5.74, 6) is -1.82. The van der Waals surface area contributed by atoms with Crippen molar-refractivity contribution in [3.63, 3.8) is 0 Å².